The van der Waals surface area contributed by atoms with Gasteiger partial charge in [0.25, 0.3) is 0 Å². The number of aromatic amines is 1. The van der Waals surface area contributed by atoms with Crippen LogP contribution in [0.15, 0.2) is 21.6 Å². The van der Waals surface area contributed by atoms with E-state index >= 15 is 0 Å². The summed E-state index contributed by atoms with van der Waals surface area (Å²) in [6, 6.07) is 0. The molecular weight excluding hydrogens is 218 g/mol. The normalized spacial score (nSPS) is 11.7. The number of carboxylic acid groups (broad SMARTS) is 1. The summed E-state index contributed by atoms with van der Waals surface area (Å²) in [5.74, 6) is -0.470. The van der Waals surface area contributed by atoms with Crippen LogP contribution in [0.5, 0.6) is 0 Å². The maximum absolute atomic E-state index is 11.0. The number of thioether (sulfide) groups is 1. The van der Waals surface area contributed by atoms with Gasteiger partial charge in [-0.2, -0.15) is 0 Å². The summed E-state index contributed by atoms with van der Waals surface area (Å²) in [4.78, 5) is 21.4. The molecule has 0 atom stereocenters. The maximum atomic E-state index is 11.0. The molecule has 0 bridgehead atoms. The van der Waals surface area contributed by atoms with Gasteiger partial charge in [-0.1, -0.05) is 17.8 Å². The Hall–Kier alpha value is -1.50. The van der Waals surface area contributed by atoms with Crippen LogP contribution in [0.1, 0.15) is 6.92 Å². The molecule has 2 N–H and O–H groups in total. The third kappa shape index (κ3) is 2.98. The van der Waals surface area contributed by atoms with Gasteiger partial charge in [-0.25, -0.2) is 14.7 Å². The molecule has 0 amide bonds. The Kier molecular flexibility index (Phi) is 3.73. The van der Waals surface area contributed by atoms with Crippen molar-refractivity contribution in [2.75, 3.05) is 5.75 Å². The molecule has 0 aliphatic heterocycles. The highest BCUT2D eigenvalue weighted by Gasteiger charge is 2.04. The number of aliphatic carboxylic acids is 1. The van der Waals surface area contributed by atoms with E-state index in [1.54, 1.807) is 13.1 Å². The number of rotatable bonds is 4. The van der Waals surface area contributed by atoms with E-state index in [1.807, 2.05) is 0 Å². The zero-order chi connectivity index (χ0) is 11.4. The summed E-state index contributed by atoms with van der Waals surface area (Å²) < 4.78 is 1.37. The highest BCUT2D eigenvalue weighted by molar-refractivity contribution is 7.99. The van der Waals surface area contributed by atoms with Gasteiger partial charge in [-0.15, -0.1) is 5.10 Å². The second-order valence-electron chi connectivity index (χ2n) is 2.87. The first kappa shape index (κ1) is 11.6. The number of aromatic nitrogens is 3. The topological polar surface area (TPSA) is 88.0 Å². The van der Waals surface area contributed by atoms with E-state index in [1.165, 1.54) is 23.3 Å². The van der Waals surface area contributed by atoms with E-state index in [9.17, 15) is 9.59 Å². The first-order valence-electron chi connectivity index (χ1n) is 4.16. The number of carbonyl (C=O) groups is 1. The fourth-order valence-electron chi connectivity index (χ4n) is 0.790. The average molecular weight is 229 g/mol. The summed E-state index contributed by atoms with van der Waals surface area (Å²) >= 11 is 1.29. The average Bonchev–Trinajstić information content (AvgIpc) is 2.49. The quantitative estimate of drug-likeness (QED) is 0.570. The Morgan fingerprint density at radius 3 is 2.87 bits per heavy atom. The zero-order valence-corrected chi connectivity index (χ0v) is 9.17. The Balaban J connectivity index is 2.59. The monoisotopic (exact) mass is 229 g/mol. The molecule has 1 aromatic rings. The highest BCUT2D eigenvalue weighted by atomic mass is 32.2. The zero-order valence-electron chi connectivity index (χ0n) is 8.35. The van der Waals surface area contributed by atoms with E-state index < -0.39 is 5.97 Å². The minimum atomic E-state index is -0.938. The molecule has 0 aliphatic rings. The van der Waals surface area contributed by atoms with E-state index in [0.29, 0.717) is 10.9 Å². The van der Waals surface area contributed by atoms with Crippen molar-refractivity contribution in [3.8, 4) is 0 Å². The van der Waals surface area contributed by atoms with Gasteiger partial charge in [-0.05, 0) is 6.92 Å². The van der Waals surface area contributed by atoms with Crippen molar-refractivity contribution in [1.82, 2.24) is 14.8 Å². The van der Waals surface area contributed by atoms with Crippen molar-refractivity contribution < 1.29 is 9.90 Å². The second kappa shape index (κ2) is 4.83. The van der Waals surface area contributed by atoms with Gasteiger partial charge in [-0.3, -0.25) is 4.57 Å². The van der Waals surface area contributed by atoms with Gasteiger partial charge in [0, 0.05) is 18.4 Å². The lowest BCUT2D eigenvalue weighted by atomic mass is 10.3. The van der Waals surface area contributed by atoms with Gasteiger partial charge in [0.05, 0.1) is 0 Å². The molecule has 0 spiro atoms. The molecule has 1 rings (SSSR count). The van der Waals surface area contributed by atoms with Crippen LogP contribution < -0.4 is 5.69 Å². The molecule has 7 heteroatoms. The van der Waals surface area contributed by atoms with Crippen LogP contribution in [-0.4, -0.2) is 31.6 Å². The largest absolute Gasteiger partial charge is 0.478 e. The van der Waals surface area contributed by atoms with Crippen molar-refractivity contribution in [1.29, 1.82) is 0 Å². The van der Waals surface area contributed by atoms with Crippen LogP contribution in [0.3, 0.4) is 0 Å². The van der Waals surface area contributed by atoms with E-state index in [2.05, 4.69) is 10.2 Å². The number of hydrogen-bond acceptors (Lipinski definition) is 4. The molecule has 0 unspecified atom stereocenters. The van der Waals surface area contributed by atoms with Crippen LogP contribution in [-0.2, 0) is 11.8 Å². The molecule has 0 saturated carbocycles. The number of carboxylic acids is 1. The van der Waals surface area contributed by atoms with Crippen molar-refractivity contribution in [3.63, 3.8) is 0 Å². The minimum absolute atomic E-state index is 0.281. The van der Waals surface area contributed by atoms with Gasteiger partial charge < -0.3 is 5.11 Å². The van der Waals surface area contributed by atoms with Crippen molar-refractivity contribution in [2.24, 2.45) is 7.05 Å². The molecule has 82 valence electrons. The van der Waals surface area contributed by atoms with Crippen molar-refractivity contribution in [2.45, 2.75) is 12.1 Å². The van der Waals surface area contributed by atoms with E-state index in [0.717, 1.165) is 0 Å². The van der Waals surface area contributed by atoms with Crippen molar-refractivity contribution in [3.05, 3.63) is 22.1 Å². The molecule has 0 radical (unpaired) electrons. The summed E-state index contributed by atoms with van der Waals surface area (Å²) in [7, 11) is 1.60. The lowest BCUT2D eigenvalue weighted by Gasteiger charge is -1.96. The predicted octanol–water partition coefficient (Wildman–Crippen LogP) is 0.231. The molecule has 0 saturated heterocycles. The summed E-state index contributed by atoms with van der Waals surface area (Å²) in [5, 5.41) is 15.2. The Labute approximate surface area is 90.0 Å². The number of nitrogens with one attached hydrogen (secondary N) is 1. The SMILES string of the molecule is CC(=CCSc1n[nH]c(=O)n1C)C(=O)O. The maximum Gasteiger partial charge on any atom is 0.343 e. The summed E-state index contributed by atoms with van der Waals surface area (Å²) in [5.41, 5.74) is -0.000489. The van der Waals surface area contributed by atoms with Crippen LogP contribution in [0, 0.1) is 0 Å². The fourth-order valence-corrected chi connectivity index (χ4v) is 1.66. The minimum Gasteiger partial charge on any atom is -0.478 e. The lowest BCUT2D eigenvalue weighted by molar-refractivity contribution is -0.132. The number of nitrogens with zero attached hydrogens (tertiary/aromatic N) is 2. The van der Waals surface area contributed by atoms with Gasteiger partial charge in [0.2, 0.25) is 0 Å². The number of H-pyrrole nitrogens is 1. The van der Waals surface area contributed by atoms with Gasteiger partial charge >= 0.3 is 11.7 Å². The van der Waals surface area contributed by atoms with Crippen LogP contribution in [0.2, 0.25) is 0 Å². The second-order valence-corrected chi connectivity index (χ2v) is 3.86. The van der Waals surface area contributed by atoms with Crippen LogP contribution in [0.25, 0.3) is 0 Å². The smallest absolute Gasteiger partial charge is 0.343 e. The molecule has 6 nitrogen and oxygen atoms in total. The number of hydrogen-bond donors (Lipinski definition) is 2. The summed E-state index contributed by atoms with van der Waals surface area (Å²) in [6.07, 6.45) is 1.58. The van der Waals surface area contributed by atoms with Crippen molar-refractivity contribution >= 4 is 17.7 Å². The summed E-state index contributed by atoms with van der Waals surface area (Å²) in [6.45, 7) is 1.52. The third-order valence-corrected chi connectivity index (χ3v) is 2.73. The van der Waals surface area contributed by atoms with Crippen LogP contribution >= 0.6 is 11.8 Å². The standard InChI is InChI=1S/C8H11N3O3S/c1-5(6(12)13)3-4-15-8-10-9-7(14)11(8)2/h3H,4H2,1-2H3,(H,9,14)(H,12,13). The molecule has 0 fully saturated rings. The van der Waals surface area contributed by atoms with E-state index in [-0.39, 0.29) is 11.3 Å². The molecule has 15 heavy (non-hydrogen) atoms. The molecular formula is C8H11N3O3S. The van der Waals surface area contributed by atoms with Crippen LogP contribution in [0.4, 0.5) is 0 Å². The fraction of sp³-hybridized carbons (Fsp3) is 0.375. The molecule has 0 aliphatic carbocycles. The first-order chi connectivity index (χ1) is 7.02. The lowest BCUT2D eigenvalue weighted by Crippen LogP contribution is -2.12. The van der Waals surface area contributed by atoms with Gasteiger partial charge in [0.15, 0.2) is 5.16 Å². The highest BCUT2D eigenvalue weighted by Crippen LogP contribution is 2.12. The predicted molar refractivity (Wildman–Crippen MR) is 55.9 cm³/mol. The Morgan fingerprint density at radius 1 is 1.73 bits per heavy atom. The Bertz CT molecular complexity index is 446. The third-order valence-electron chi connectivity index (χ3n) is 1.78. The molecule has 1 heterocycles. The molecule has 0 aromatic carbocycles. The molecule has 1 aromatic heterocycles. The van der Waals surface area contributed by atoms with E-state index in [4.69, 9.17) is 5.11 Å². The Morgan fingerprint density at radius 2 is 2.40 bits per heavy atom. The first-order valence-corrected chi connectivity index (χ1v) is 5.15. The van der Waals surface area contributed by atoms with Gasteiger partial charge in [0.1, 0.15) is 0 Å².